The van der Waals surface area contributed by atoms with Crippen molar-refractivity contribution >= 4 is 35.6 Å². The van der Waals surface area contributed by atoms with E-state index in [0.29, 0.717) is 18.9 Å². The zero-order valence-electron chi connectivity index (χ0n) is 17.2. The summed E-state index contributed by atoms with van der Waals surface area (Å²) < 4.78 is -0.263. The molecule has 27 heavy (non-hydrogen) atoms. The topological polar surface area (TPSA) is 71.5 Å². The molecular formula is C21H33NO4S. The minimum atomic E-state index is -0.447. The van der Waals surface area contributed by atoms with Crippen LogP contribution in [0.3, 0.4) is 0 Å². The van der Waals surface area contributed by atoms with Crippen molar-refractivity contribution in [1.82, 2.24) is 4.90 Å². The molecule has 0 aromatic rings. The molecule has 152 valence electrons. The summed E-state index contributed by atoms with van der Waals surface area (Å²) in [5.41, 5.74) is -0.447. The van der Waals surface area contributed by atoms with Crippen LogP contribution in [-0.2, 0) is 19.2 Å². The van der Waals surface area contributed by atoms with Crippen molar-refractivity contribution in [3.8, 4) is 0 Å². The smallest absolute Gasteiger partial charge is 0.242 e. The van der Waals surface area contributed by atoms with Gasteiger partial charge in [0.25, 0.3) is 0 Å². The first kappa shape index (κ1) is 22.1. The maximum absolute atomic E-state index is 12.8. The molecule has 5 nitrogen and oxygen atoms in total. The average Bonchev–Trinajstić information content (AvgIpc) is 2.81. The SMILES string of the molecule is CC(=O)C1CCC(CN2C(=O)CC(SC(C)(C)CC(C)(C)C=O)C2=O)CC1. The zero-order valence-corrected chi connectivity index (χ0v) is 18.1. The lowest BCUT2D eigenvalue weighted by Gasteiger charge is -2.33. The van der Waals surface area contributed by atoms with Crippen molar-refractivity contribution in [2.45, 2.75) is 83.1 Å². The van der Waals surface area contributed by atoms with E-state index in [2.05, 4.69) is 0 Å². The van der Waals surface area contributed by atoms with Crippen molar-refractivity contribution < 1.29 is 19.2 Å². The van der Waals surface area contributed by atoms with Gasteiger partial charge in [-0.3, -0.25) is 19.3 Å². The van der Waals surface area contributed by atoms with E-state index in [1.54, 1.807) is 6.92 Å². The number of hydrogen-bond donors (Lipinski definition) is 0. The number of rotatable bonds is 8. The molecule has 0 radical (unpaired) electrons. The van der Waals surface area contributed by atoms with E-state index in [1.165, 1.54) is 16.7 Å². The fourth-order valence-electron chi connectivity index (χ4n) is 4.51. The third kappa shape index (κ3) is 5.90. The second kappa shape index (κ2) is 8.46. The van der Waals surface area contributed by atoms with Gasteiger partial charge >= 0.3 is 0 Å². The highest BCUT2D eigenvalue weighted by Crippen LogP contribution is 2.42. The Morgan fingerprint density at radius 3 is 2.26 bits per heavy atom. The summed E-state index contributed by atoms with van der Waals surface area (Å²) in [6.07, 6.45) is 5.39. The Morgan fingerprint density at radius 2 is 1.74 bits per heavy atom. The second-order valence-electron chi connectivity index (χ2n) is 9.52. The molecule has 1 saturated carbocycles. The van der Waals surface area contributed by atoms with Crippen LogP contribution in [0, 0.1) is 17.3 Å². The van der Waals surface area contributed by atoms with Gasteiger partial charge in [0.1, 0.15) is 12.1 Å². The molecule has 2 fully saturated rings. The molecule has 1 atom stereocenters. The van der Waals surface area contributed by atoms with Gasteiger partial charge < -0.3 is 4.79 Å². The number of carbonyl (C=O) groups excluding carboxylic acids is 4. The van der Waals surface area contributed by atoms with Crippen LogP contribution < -0.4 is 0 Å². The molecule has 2 aliphatic rings. The first-order chi connectivity index (χ1) is 12.4. The van der Waals surface area contributed by atoms with E-state index >= 15 is 0 Å². The van der Waals surface area contributed by atoms with Gasteiger partial charge in [-0.15, -0.1) is 11.8 Å². The first-order valence-corrected chi connectivity index (χ1v) is 10.8. The molecule has 2 amide bonds. The van der Waals surface area contributed by atoms with Gasteiger partial charge in [0.15, 0.2) is 0 Å². The van der Waals surface area contributed by atoms with Crippen LogP contribution >= 0.6 is 11.8 Å². The summed E-state index contributed by atoms with van der Waals surface area (Å²) in [5.74, 6) is 0.529. The van der Waals surface area contributed by atoms with Crippen LogP contribution in [0.2, 0.25) is 0 Å². The van der Waals surface area contributed by atoms with E-state index in [9.17, 15) is 19.2 Å². The van der Waals surface area contributed by atoms with Crippen LogP contribution in [-0.4, -0.2) is 45.3 Å². The normalized spacial score (nSPS) is 27.1. The maximum atomic E-state index is 12.8. The number of thioether (sulfide) groups is 1. The van der Waals surface area contributed by atoms with Gasteiger partial charge in [-0.25, -0.2) is 0 Å². The molecule has 0 N–H and O–H groups in total. The Kier molecular flexibility index (Phi) is 6.93. The molecule has 0 aromatic carbocycles. The number of likely N-dealkylation sites (tertiary alicyclic amines) is 1. The Bertz CT molecular complexity index is 605. The van der Waals surface area contributed by atoms with E-state index < -0.39 is 5.41 Å². The van der Waals surface area contributed by atoms with E-state index in [4.69, 9.17) is 0 Å². The van der Waals surface area contributed by atoms with Crippen molar-refractivity contribution in [2.24, 2.45) is 17.3 Å². The predicted molar refractivity (Wildman–Crippen MR) is 107 cm³/mol. The highest BCUT2D eigenvalue weighted by molar-refractivity contribution is 8.02. The summed E-state index contributed by atoms with van der Waals surface area (Å²) >= 11 is 1.52. The van der Waals surface area contributed by atoms with Gasteiger partial charge in [-0.2, -0.15) is 0 Å². The molecule has 1 aliphatic carbocycles. The van der Waals surface area contributed by atoms with Crippen molar-refractivity contribution in [3.63, 3.8) is 0 Å². The fourth-order valence-corrected chi connectivity index (χ4v) is 6.19. The molecule has 1 heterocycles. The van der Waals surface area contributed by atoms with Crippen LogP contribution in [0.5, 0.6) is 0 Å². The van der Waals surface area contributed by atoms with Gasteiger partial charge in [0.2, 0.25) is 11.8 Å². The Balaban J connectivity index is 1.93. The molecule has 0 bridgehead atoms. The summed E-state index contributed by atoms with van der Waals surface area (Å²) in [6.45, 7) is 9.99. The zero-order chi connectivity index (χ0) is 20.4. The van der Waals surface area contributed by atoms with Gasteiger partial charge in [-0.05, 0) is 44.9 Å². The number of aldehydes is 1. The quantitative estimate of drug-likeness (QED) is 0.463. The minimum Gasteiger partial charge on any atom is -0.303 e. The molecule has 1 unspecified atom stereocenters. The Hall–Kier alpha value is -1.17. The number of hydrogen-bond acceptors (Lipinski definition) is 5. The summed E-state index contributed by atoms with van der Waals surface area (Å²) in [4.78, 5) is 49.5. The van der Waals surface area contributed by atoms with Gasteiger partial charge in [0, 0.05) is 29.0 Å². The lowest BCUT2D eigenvalue weighted by atomic mass is 9.80. The van der Waals surface area contributed by atoms with Crippen molar-refractivity contribution in [3.05, 3.63) is 0 Å². The molecule has 0 spiro atoms. The first-order valence-electron chi connectivity index (χ1n) is 9.93. The second-order valence-corrected chi connectivity index (χ2v) is 11.4. The van der Waals surface area contributed by atoms with E-state index in [0.717, 1.165) is 32.0 Å². The van der Waals surface area contributed by atoms with Crippen LogP contribution in [0.1, 0.15) is 73.1 Å². The number of nitrogens with zero attached hydrogens (tertiary/aromatic N) is 1. The fraction of sp³-hybridized carbons (Fsp3) is 0.810. The molecule has 2 rings (SSSR count). The van der Waals surface area contributed by atoms with Crippen molar-refractivity contribution in [2.75, 3.05) is 6.54 Å². The van der Waals surface area contributed by atoms with Crippen LogP contribution in [0.4, 0.5) is 0 Å². The van der Waals surface area contributed by atoms with E-state index in [1.807, 2.05) is 27.7 Å². The monoisotopic (exact) mass is 395 g/mol. The standard InChI is InChI=1S/C21H33NO4S/c1-14(24)16-8-6-15(7-9-16)11-22-18(25)10-17(19(22)26)27-21(4,5)12-20(2,3)13-23/h13,15-17H,6-12H2,1-5H3. The van der Waals surface area contributed by atoms with Crippen LogP contribution in [0.25, 0.3) is 0 Å². The van der Waals surface area contributed by atoms with Crippen molar-refractivity contribution in [1.29, 1.82) is 0 Å². The number of carbonyl (C=O) groups is 4. The third-order valence-corrected chi connectivity index (χ3v) is 7.16. The molecule has 0 aromatic heterocycles. The number of amides is 2. The average molecular weight is 396 g/mol. The van der Waals surface area contributed by atoms with Gasteiger partial charge in [-0.1, -0.05) is 27.7 Å². The molecular weight excluding hydrogens is 362 g/mol. The number of Topliss-reactive ketones (excluding diaryl/α,β-unsaturated/α-hetero) is 1. The third-order valence-electron chi connectivity index (χ3n) is 5.73. The highest BCUT2D eigenvalue weighted by atomic mass is 32.2. The maximum Gasteiger partial charge on any atom is 0.242 e. The summed E-state index contributed by atoms with van der Waals surface area (Å²) in [5, 5.41) is -0.358. The summed E-state index contributed by atoms with van der Waals surface area (Å²) in [7, 11) is 0. The molecule has 6 heteroatoms. The Morgan fingerprint density at radius 1 is 1.15 bits per heavy atom. The number of ketones is 1. The lowest BCUT2D eigenvalue weighted by Crippen LogP contribution is -2.38. The minimum absolute atomic E-state index is 0.0864. The molecule has 1 saturated heterocycles. The highest BCUT2D eigenvalue weighted by Gasteiger charge is 2.43. The number of imide groups is 1. The summed E-state index contributed by atoms with van der Waals surface area (Å²) in [6, 6.07) is 0. The largest absolute Gasteiger partial charge is 0.303 e. The predicted octanol–water partition coefficient (Wildman–Crippen LogP) is 3.64. The van der Waals surface area contributed by atoms with Crippen LogP contribution in [0.15, 0.2) is 0 Å². The Labute approximate surface area is 167 Å². The lowest BCUT2D eigenvalue weighted by molar-refractivity contribution is -0.139. The van der Waals surface area contributed by atoms with E-state index in [-0.39, 0.29) is 39.9 Å². The van der Waals surface area contributed by atoms with Gasteiger partial charge in [0.05, 0.1) is 5.25 Å². The molecule has 1 aliphatic heterocycles.